The number of amides is 1. The van der Waals surface area contributed by atoms with Gasteiger partial charge in [-0.15, -0.1) is 0 Å². The molecule has 2 bridgehead atoms. The van der Waals surface area contributed by atoms with E-state index in [1.165, 1.54) is 0 Å². The van der Waals surface area contributed by atoms with Crippen LogP contribution in [0.15, 0.2) is 12.4 Å². The number of rotatable bonds is 2. The number of carbonyl (C=O) groups excluding carboxylic acids is 1. The van der Waals surface area contributed by atoms with Gasteiger partial charge < -0.3 is 14.4 Å². The minimum absolute atomic E-state index is 0.103. The lowest BCUT2D eigenvalue weighted by atomic mass is 9.85. The number of piperidine rings is 1. The second-order valence-corrected chi connectivity index (χ2v) is 9.92. The topological polar surface area (TPSA) is 111 Å². The summed E-state index contributed by atoms with van der Waals surface area (Å²) in [6.07, 6.45) is 9.51. The summed E-state index contributed by atoms with van der Waals surface area (Å²) in [4.78, 5) is 23.5. The minimum Gasteiger partial charge on any atom is -0.466 e. The fraction of sp³-hybridized carbons (Fsp3) is 0.737. The molecule has 1 amide bonds. The molecule has 0 aromatic carbocycles. The van der Waals surface area contributed by atoms with E-state index in [-0.39, 0.29) is 36.6 Å². The molecule has 160 valence electrons. The number of ether oxygens (including phenoxy) is 2. The molecule has 1 aliphatic carbocycles. The van der Waals surface area contributed by atoms with E-state index in [4.69, 9.17) is 9.47 Å². The molecule has 5 rings (SSSR count). The molecule has 0 radical (unpaired) electrons. The van der Waals surface area contributed by atoms with E-state index in [1.807, 2.05) is 0 Å². The molecule has 1 unspecified atom stereocenters. The van der Waals surface area contributed by atoms with Crippen molar-refractivity contribution in [1.82, 2.24) is 19.6 Å². The number of fused-ring (bicyclic) bond motifs is 5. The molecule has 1 N–H and O–H groups in total. The summed E-state index contributed by atoms with van der Waals surface area (Å²) in [5.74, 6) is 0.474. The van der Waals surface area contributed by atoms with E-state index in [0.29, 0.717) is 25.5 Å². The van der Waals surface area contributed by atoms with Crippen molar-refractivity contribution in [2.24, 2.45) is 0 Å². The number of nitrogens with one attached hydrogen (secondary N) is 1. The third-order valence-corrected chi connectivity index (χ3v) is 6.78. The average Bonchev–Trinajstić information content (AvgIpc) is 2.71. The summed E-state index contributed by atoms with van der Waals surface area (Å²) in [5, 5.41) is 0. The maximum Gasteiger partial charge on any atom is 0.260 e. The van der Waals surface area contributed by atoms with E-state index in [9.17, 15) is 13.2 Å². The summed E-state index contributed by atoms with van der Waals surface area (Å²) in [6, 6.07) is -0.717. The van der Waals surface area contributed by atoms with Gasteiger partial charge in [-0.1, -0.05) is 0 Å². The summed E-state index contributed by atoms with van der Waals surface area (Å²) in [5.41, 5.74) is 0.810. The SMILES string of the molecule is CS(=O)(=O)NC1CCCN2C(=O)COc3nccnc3C3CCC(CC3)OC[C@@H]12. The van der Waals surface area contributed by atoms with Crippen LogP contribution in [0.5, 0.6) is 5.88 Å². The Labute approximate surface area is 171 Å². The van der Waals surface area contributed by atoms with Gasteiger partial charge in [-0.3, -0.25) is 9.78 Å². The lowest BCUT2D eigenvalue weighted by Crippen LogP contribution is -2.59. The Bertz CT molecular complexity index is 841. The molecule has 0 spiro atoms. The van der Waals surface area contributed by atoms with Gasteiger partial charge in [-0.25, -0.2) is 18.1 Å². The van der Waals surface area contributed by atoms with Gasteiger partial charge in [0.2, 0.25) is 15.9 Å². The Balaban J connectivity index is 1.61. The predicted molar refractivity (Wildman–Crippen MR) is 105 cm³/mol. The summed E-state index contributed by atoms with van der Waals surface area (Å²) < 4.78 is 38.4. The highest BCUT2D eigenvalue weighted by atomic mass is 32.2. The van der Waals surface area contributed by atoms with Crippen LogP contribution in [0.3, 0.4) is 0 Å². The van der Waals surface area contributed by atoms with Gasteiger partial charge in [0.05, 0.1) is 25.0 Å². The molecule has 4 heterocycles. The van der Waals surface area contributed by atoms with Crippen molar-refractivity contribution in [3.63, 3.8) is 0 Å². The Kier molecular flexibility index (Phi) is 6.03. The number of nitrogens with zero attached hydrogens (tertiary/aromatic N) is 3. The van der Waals surface area contributed by atoms with Crippen molar-refractivity contribution >= 4 is 15.9 Å². The Morgan fingerprint density at radius 2 is 1.90 bits per heavy atom. The number of hydrogen-bond donors (Lipinski definition) is 1. The van der Waals surface area contributed by atoms with Crippen LogP contribution >= 0.6 is 0 Å². The van der Waals surface area contributed by atoms with Gasteiger partial charge in [0.1, 0.15) is 5.69 Å². The minimum atomic E-state index is -3.39. The second-order valence-electron chi connectivity index (χ2n) is 8.14. The zero-order valence-electron chi connectivity index (χ0n) is 16.6. The first-order chi connectivity index (χ1) is 13.9. The van der Waals surface area contributed by atoms with E-state index in [2.05, 4.69) is 14.7 Å². The standard InChI is InChI=1S/C19H28N4O5S/c1-29(25,26)22-15-3-2-10-23-16(15)11-27-14-6-4-13(5-7-14)18-19(21-9-8-20-18)28-12-17(23)24/h8-9,13-16,22H,2-7,10-12H2,1H3/t13?,14?,15?,16-/m0/s1. The van der Waals surface area contributed by atoms with Crippen molar-refractivity contribution in [3.8, 4) is 5.88 Å². The molecule has 2 atom stereocenters. The molecule has 10 heteroatoms. The molecule has 1 aromatic heterocycles. The third kappa shape index (κ3) is 4.87. The normalized spacial score (nSPS) is 30.9. The quantitative estimate of drug-likeness (QED) is 0.748. The highest BCUT2D eigenvalue weighted by Gasteiger charge is 2.38. The van der Waals surface area contributed by atoms with Crippen molar-refractivity contribution in [2.45, 2.75) is 62.6 Å². The Hall–Kier alpha value is -1.78. The Morgan fingerprint density at radius 3 is 2.66 bits per heavy atom. The van der Waals surface area contributed by atoms with Gasteiger partial charge >= 0.3 is 0 Å². The van der Waals surface area contributed by atoms with Gasteiger partial charge in [-0.05, 0) is 38.5 Å². The molecule has 3 aliphatic heterocycles. The van der Waals surface area contributed by atoms with Crippen LogP contribution in [0.2, 0.25) is 0 Å². The van der Waals surface area contributed by atoms with E-state index < -0.39 is 10.0 Å². The largest absolute Gasteiger partial charge is 0.466 e. The van der Waals surface area contributed by atoms with E-state index in [1.54, 1.807) is 17.3 Å². The zero-order chi connectivity index (χ0) is 20.4. The first-order valence-electron chi connectivity index (χ1n) is 10.2. The molecule has 4 aliphatic rings. The number of sulfonamides is 1. The second kappa shape index (κ2) is 8.53. The number of carbonyl (C=O) groups is 1. The van der Waals surface area contributed by atoms with Crippen LogP contribution in [0, 0.1) is 0 Å². The van der Waals surface area contributed by atoms with Gasteiger partial charge in [-0.2, -0.15) is 0 Å². The summed E-state index contributed by atoms with van der Waals surface area (Å²) in [7, 11) is -3.39. The van der Waals surface area contributed by atoms with Crippen molar-refractivity contribution < 1.29 is 22.7 Å². The van der Waals surface area contributed by atoms with Crippen molar-refractivity contribution in [1.29, 1.82) is 0 Å². The third-order valence-electron chi connectivity index (χ3n) is 6.05. The number of aromatic nitrogens is 2. The van der Waals surface area contributed by atoms with E-state index >= 15 is 0 Å². The zero-order valence-corrected chi connectivity index (χ0v) is 17.4. The van der Waals surface area contributed by atoms with Gasteiger partial charge in [0.15, 0.2) is 6.61 Å². The molecule has 2 fully saturated rings. The molecule has 9 nitrogen and oxygen atoms in total. The lowest BCUT2D eigenvalue weighted by molar-refractivity contribution is -0.140. The first kappa shape index (κ1) is 20.5. The van der Waals surface area contributed by atoms with E-state index in [0.717, 1.165) is 44.1 Å². The maximum atomic E-state index is 13.0. The average molecular weight is 425 g/mol. The molecular formula is C19H28N4O5S. The molecule has 29 heavy (non-hydrogen) atoms. The smallest absolute Gasteiger partial charge is 0.260 e. The highest BCUT2D eigenvalue weighted by molar-refractivity contribution is 7.88. The molecular weight excluding hydrogens is 396 g/mol. The summed E-state index contributed by atoms with van der Waals surface area (Å²) in [6.45, 7) is 0.723. The fourth-order valence-electron chi connectivity index (χ4n) is 4.66. The number of hydrogen-bond acceptors (Lipinski definition) is 7. The lowest BCUT2D eigenvalue weighted by Gasteiger charge is -2.41. The van der Waals surface area contributed by atoms with Crippen LogP contribution < -0.4 is 9.46 Å². The van der Waals surface area contributed by atoms with Crippen LogP contribution in [0.1, 0.15) is 50.1 Å². The molecule has 1 aromatic rings. The fourth-order valence-corrected chi connectivity index (χ4v) is 5.49. The molecule has 1 saturated heterocycles. The van der Waals surface area contributed by atoms with Crippen molar-refractivity contribution in [2.75, 3.05) is 26.0 Å². The van der Waals surface area contributed by atoms with Crippen LogP contribution in [0.4, 0.5) is 0 Å². The van der Waals surface area contributed by atoms with Crippen LogP contribution in [-0.4, -0.2) is 73.4 Å². The van der Waals surface area contributed by atoms with Crippen LogP contribution in [-0.2, 0) is 19.6 Å². The molecule has 1 saturated carbocycles. The van der Waals surface area contributed by atoms with Crippen LogP contribution in [0.25, 0.3) is 0 Å². The van der Waals surface area contributed by atoms with Gasteiger partial charge in [0, 0.05) is 30.9 Å². The van der Waals surface area contributed by atoms with Crippen molar-refractivity contribution in [3.05, 3.63) is 18.1 Å². The monoisotopic (exact) mass is 424 g/mol. The Morgan fingerprint density at radius 1 is 1.14 bits per heavy atom. The first-order valence-corrected chi connectivity index (χ1v) is 12.1. The maximum absolute atomic E-state index is 13.0. The highest BCUT2D eigenvalue weighted by Crippen LogP contribution is 2.37. The predicted octanol–water partition coefficient (Wildman–Crippen LogP) is 0.821. The summed E-state index contributed by atoms with van der Waals surface area (Å²) >= 11 is 0. The van der Waals surface area contributed by atoms with Gasteiger partial charge in [0.25, 0.3) is 5.91 Å².